The van der Waals surface area contributed by atoms with E-state index in [2.05, 4.69) is 5.32 Å². The van der Waals surface area contributed by atoms with Gasteiger partial charge in [0.15, 0.2) is 0 Å². The number of primary sulfonamides is 1. The molecular formula is C13H14FN3O2S. The minimum absolute atomic E-state index is 0.0530. The minimum Gasteiger partial charge on any atom is -0.398 e. The normalized spacial score (nSPS) is 11.3. The molecule has 7 heteroatoms. The fourth-order valence-electron chi connectivity index (χ4n) is 1.81. The molecule has 0 aliphatic carbocycles. The quantitative estimate of drug-likeness (QED) is 0.755. The van der Waals surface area contributed by atoms with Crippen LogP contribution < -0.4 is 16.2 Å². The van der Waals surface area contributed by atoms with E-state index in [-0.39, 0.29) is 16.4 Å². The third-order valence-corrected chi connectivity index (χ3v) is 3.77. The lowest BCUT2D eigenvalue weighted by Crippen LogP contribution is -2.14. The maximum Gasteiger partial charge on any atom is 0.240 e. The Morgan fingerprint density at radius 2 is 1.85 bits per heavy atom. The van der Waals surface area contributed by atoms with Crippen LogP contribution in [-0.2, 0) is 10.0 Å². The zero-order chi connectivity index (χ0) is 14.9. The van der Waals surface area contributed by atoms with Gasteiger partial charge in [0.25, 0.3) is 0 Å². The molecule has 0 aromatic heterocycles. The molecule has 0 aliphatic rings. The number of rotatable bonds is 3. The summed E-state index contributed by atoms with van der Waals surface area (Å²) in [6.07, 6.45) is 0. The standard InChI is InChI=1S/C13H14FN3O2S/c1-8-6-9(14)2-4-12(8)17-10-3-5-13(11(15)7-10)20(16,18)19/h2-7,17H,15H2,1H3,(H2,16,18,19). The minimum atomic E-state index is -3.84. The lowest BCUT2D eigenvalue weighted by atomic mass is 10.2. The molecule has 5 nitrogen and oxygen atoms in total. The zero-order valence-electron chi connectivity index (χ0n) is 10.7. The average molecular weight is 295 g/mol. The van der Waals surface area contributed by atoms with E-state index in [1.165, 1.54) is 24.3 Å². The highest BCUT2D eigenvalue weighted by Crippen LogP contribution is 2.25. The molecule has 2 rings (SSSR count). The first-order valence-electron chi connectivity index (χ1n) is 5.73. The number of sulfonamides is 1. The molecule has 0 heterocycles. The van der Waals surface area contributed by atoms with Crippen molar-refractivity contribution < 1.29 is 12.8 Å². The molecule has 0 unspecified atom stereocenters. The van der Waals surface area contributed by atoms with Crippen molar-refractivity contribution in [1.82, 2.24) is 0 Å². The monoisotopic (exact) mass is 295 g/mol. The van der Waals surface area contributed by atoms with Gasteiger partial charge in [-0.15, -0.1) is 0 Å². The fourth-order valence-corrected chi connectivity index (χ4v) is 2.45. The Morgan fingerprint density at radius 1 is 1.15 bits per heavy atom. The Bertz CT molecular complexity index is 760. The SMILES string of the molecule is Cc1cc(F)ccc1Nc1ccc(S(N)(=O)=O)c(N)c1. The van der Waals surface area contributed by atoms with E-state index in [0.29, 0.717) is 11.4 Å². The van der Waals surface area contributed by atoms with Crippen LogP contribution >= 0.6 is 0 Å². The highest BCUT2D eigenvalue weighted by atomic mass is 32.2. The van der Waals surface area contributed by atoms with Crippen molar-refractivity contribution >= 4 is 27.1 Å². The number of nitrogen functional groups attached to an aromatic ring is 1. The molecule has 2 aromatic carbocycles. The van der Waals surface area contributed by atoms with Gasteiger partial charge in [-0.3, -0.25) is 0 Å². The Balaban J connectivity index is 2.34. The number of aryl methyl sites for hydroxylation is 1. The van der Waals surface area contributed by atoms with Crippen LogP contribution in [0.3, 0.4) is 0 Å². The average Bonchev–Trinajstić information content (AvgIpc) is 2.31. The summed E-state index contributed by atoms with van der Waals surface area (Å²) in [7, 11) is -3.84. The van der Waals surface area contributed by atoms with E-state index in [1.54, 1.807) is 19.1 Å². The molecule has 0 fully saturated rings. The summed E-state index contributed by atoms with van der Waals surface area (Å²) in [5.41, 5.74) is 7.73. The topological polar surface area (TPSA) is 98.2 Å². The van der Waals surface area contributed by atoms with Gasteiger partial charge < -0.3 is 11.1 Å². The maximum absolute atomic E-state index is 13.0. The predicted octanol–water partition coefficient (Wildman–Crippen LogP) is 2.11. The first kappa shape index (κ1) is 14.3. The van der Waals surface area contributed by atoms with Crippen LogP contribution in [0.15, 0.2) is 41.3 Å². The second-order valence-corrected chi connectivity index (χ2v) is 5.91. The molecule has 0 radical (unpaired) electrons. The van der Waals surface area contributed by atoms with Crippen molar-refractivity contribution in [3.8, 4) is 0 Å². The first-order chi connectivity index (χ1) is 9.27. The molecular weight excluding hydrogens is 281 g/mol. The number of nitrogens with two attached hydrogens (primary N) is 2. The van der Waals surface area contributed by atoms with Crippen LogP contribution in [0.1, 0.15) is 5.56 Å². The summed E-state index contributed by atoms with van der Waals surface area (Å²) >= 11 is 0. The molecule has 5 N–H and O–H groups in total. The van der Waals surface area contributed by atoms with Gasteiger partial charge in [0, 0.05) is 11.4 Å². The van der Waals surface area contributed by atoms with Crippen molar-refractivity contribution in [1.29, 1.82) is 0 Å². The molecule has 2 aromatic rings. The summed E-state index contributed by atoms with van der Waals surface area (Å²) in [4.78, 5) is -0.126. The van der Waals surface area contributed by atoms with E-state index in [1.807, 2.05) is 0 Å². The summed E-state index contributed by atoms with van der Waals surface area (Å²) in [5.74, 6) is -0.322. The smallest absolute Gasteiger partial charge is 0.240 e. The van der Waals surface area contributed by atoms with Crippen molar-refractivity contribution in [2.24, 2.45) is 5.14 Å². The van der Waals surface area contributed by atoms with Crippen LogP contribution in [0.25, 0.3) is 0 Å². The molecule has 0 spiro atoms. The van der Waals surface area contributed by atoms with E-state index in [9.17, 15) is 12.8 Å². The Labute approximate surface area is 116 Å². The largest absolute Gasteiger partial charge is 0.398 e. The fraction of sp³-hybridized carbons (Fsp3) is 0.0769. The van der Waals surface area contributed by atoms with Gasteiger partial charge in [0.1, 0.15) is 10.7 Å². The highest BCUT2D eigenvalue weighted by molar-refractivity contribution is 7.89. The van der Waals surface area contributed by atoms with Crippen molar-refractivity contribution in [3.05, 3.63) is 47.8 Å². The number of anilines is 3. The summed E-state index contributed by atoms with van der Waals surface area (Å²) in [5, 5.41) is 8.07. The Kier molecular flexibility index (Phi) is 3.65. The van der Waals surface area contributed by atoms with Crippen LogP contribution in [0.5, 0.6) is 0 Å². The highest BCUT2D eigenvalue weighted by Gasteiger charge is 2.12. The van der Waals surface area contributed by atoms with Gasteiger partial charge in [-0.1, -0.05) is 0 Å². The Hall–Kier alpha value is -2.12. The second-order valence-electron chi connectivity index (χ2n) is 4.38. The number of hydrogen-bond acceptors (Lipinski definition) is 4. The number of halogens is 1. The molecule has 0 amide bonds. The summed E-state index contributed by atoms with van der Waals surface area (Å²) < 4.78 is 35.5. The number of hydrogen-bond donors (Lipinski definition) is 3. The van der Waals surface area contributed by atoms with Gasteiger partial charge in [-0.25, -0.2) is 17.9 Å². The van der Waals surface area contributed by atoms with E-state index in [4.69, 9.17) is 10.9 Å². The van der Waals surface area contributed by atoms with E-state index >= 15 is 0 Å². The first-order valence-corrected chi connectivity index (χ1v) is 7.27. The van der Waals surface area contributed by atoms with E-state index in [0.717, 1.165) is 5.56 Å². The predicted molar refractivity (Wildman–Crippen MR) is 76.6 cm³/mol. The maximum atomic E-state index is 13.0. The molecule has 0 atom stereocenters. The molecule has 0 aliphatic heterocycles. The van der Waals surface area contributed by atoms with Crippen LogP contribution in [0, 0.1) is 12.7 Å². The van der Waals surface area contributed by atoms with E-state index < -0.39 is 10.0 Å². The van der Waals surface area contributed by atoms with Crippen molar-refractivity contribution in [3.63, 3.8) is 0 Å². The molecule has 0 bridgehead atoms. The zero-order valence-corrected chi connectivity index (χ0v) is 11.5. The number of nitrogens with one attached hydrogen (secondary N) is 1. The molecule has 20 heavy (non-hydrogen) atoms. The van der Waals surface area contributed by atoms with Gasteiger partial charge in [-0.2, -0.15) is 0 Å². The van der Waals surface area contributed by atoms with Gasteiger partial charge in [-0.05, 0) is 48.9 Å². The lowest BCUT2D eigenvalue weighted by Gasteiger charge is -2.11. The van der Waals surface area contributed by atoms with Crippen LogP contribution in [-0.4, -0.2) is 8.42 Å². The summed E-state index contributed by atoms with van der Waals surface area (Å²) in [6, 6.07) is 8.64. The third kappa shape index (κ3) is 3.06. The summed E-state index contributed by atoms with van der Waals surface area (Å²) in [6.45, 7) is 1.76. The van der Waals surface area contributed by atoms with Gasteiger partial charge >= 0.3 is 0 Å². The van der Waals surface area contributed by atoms with Crippen LogP contribution in [0.4, 0.5) is 21.5 Å². The third-order valence-electron chi connectivity index (χ3n) is 2.78. The van der Waals surface area contributed by atoms with Crippen LogP contribution in [0.2, 0.25) is 0 Å². The molecule has 0 saturated heterocycles. The van der Waals surface area contributed by atoms with Gasteiger partial charge in [0.2, 0.25) is 10.0 Å². The Morgan fingerprint density at radius 3 is 2.40 bits per heavy atom. The van der Waals surface area contributed by atoms with Crippen molar-refractivity contribution in [2.75, 3.05) is 11.1 Å². The second kappa shape index (κ2) is 5.10. The van der Waals surface area contributed by atoms with Crippen molar-refractivity contribution in [2.45, 2.75) is 11.8 Å². The number of benzene rings is 2. The van der Waals surface area contributed by atoms with Gasteiger partial charge in [0.05, 0.1) is 5.69 Å². The lowest BCUT2D eigenvalue weighted by molar-refractivity contribution is 0.598. The molecule has 0 saturated carbocycles. The molecule has 106 valence electrons.